The van der Waals surface area contributed by atoms with Crippen molar-refractivity contribution < 1.29 is 41.7 Å². The fraction of sp³-hybridized carbons (Fsp3) is 0.269. The van der Waals surface area contributed by atoms with Gasteiger partial charge in [0.2, 0.25) is 5.91 Å². The quantitative estimate of drug-likeness (QED) is 0.419. The zero-order valence-electron chi connectivity index (χ0n) is 20.7. The third kappa shape index (κ3) is 5.43. The highest BCUT2D eigenvalue weighted by molar-refractivity contribution is 6.05. The van der Waals surface area contributed by atoms with Crippen LogP contribution in [0.15, 0.2) is 53.3 Å². The van der Waals surface area contributed by atoms with E-state index in [1.807, 2.05) is 0 Å². The van der Waals surface area contributed by atoms with Gasteiger partial charge < -0.3 is 29.4 Å². The lowest BCUT2D eigenvalue weighted by Gasteiger charge is -2.20. The molecule has 0 saturated carbocycles. The number of hydrogen-bond donors (Lipinski definition) is 2. The van der Waals surface area contributed by atoms with Crippen LogP contribution in [-0.4, -0.2) is 47.8 Å². The van der Waals surface area contributed by atoms with Crippen molar-refractivity contribution >= 4 is 17.5 Å². The van der Waals surface area contributed by atoms with Gasteiger partial charge in [0.25, 0.3) is 11.5 Å². The standard InChI is InChI=1S/C26H23F4N3O6/c1-32-14(12-34)5-8-20(24(32)36)33-11-17(21-18(27)9-16(38-2)10-19(21)28)22(25(33)37)31-23(35)13-3-6-15(7-4-13)39-26(29)30/h3-10,17,22,26,34H,11-12H2,1-2H3,(H,31,35)/t17-,22?/m0/s1. The molecule has 1 aliphatic rings. The van der Waals surface area contributed by atoms with E-state index in [2.05, 4.69) is 10.1 Å². The summed E-state index contributed by atoms with van der Waals surface area (Å²) >= 11 is 0. The summed E-state index contributed by atoms with van der Waals surface area (Å²) in [6, 6.07) is 7.68. The van der Waals surface area contributed by atoms with Crippen molar-refractivity contribution in [1.82, 2.24) is 9.88 Å². The molecule has 39 heavy (non-hydrogen) atoms. The first kappa shape index (κ1) is 27.6. The third-order valence-electron chi connectivity index (χ3n) is 6.44. The Morgan fingerprint density at radius 1 is 1.08 bits per heavy atom. The first-order valence-electron chi connectivity index (χ1n) is 11.6. The number of nitrogens with zero attached hydrogens (tertiary/aromatic N) is 2. The number of halogens is 4. The molecule has 2 N–H and O–H groups in total. The number of amides is 2. The summed E-state index contributed by atoms with van der Waals surface area (Å²) in [6.07, 6.45) is 0. The van der Waals surface area contributed by atoms with Crippen LogP contribution in [0.25, 0.3) is 0 Å². The zero-order chi connectivity index (χ0) is 28.4. The van der Waals surface area contributed by atoms with Crippen LogP contribution in [0.5, 0.6) is 11.5 Å². The third-order valence-corrected chi connectivity index (χ3v) is 6.44. The van der Waals surface area contributed by atoms with Crippen molar-refractivity contribution in [2.45, 2.75) is 25.2 Å². The largest absolute Gasteiger partial charge is 0.497 e. The van der Waals surface area contributed by atoms with Gasteiger partial charge in [-0.3, -0.25) is 14.4 Å². The second-order valence-corrected chi connectivity index (χ2v) is 8.65. The van der Waals surface area contributed by atoms with E-state index in [1.54, 1.807) is 0 Å². The van der Waals surface area contributed by atoms with Gasteiger partial charge in [-0.05, 0) is 36.4 Å². The molecule has 1 aliphatic heterocycles. The maximum absolute atomic E-state index is 15.1. The molecule has 0 spiro atoms. The Morgan fingerprint density at radius 2 is 1.72 bits per heavy atom. The Bertz CT molecular complexity index is 1440. The van der Waals surface area contributed by atoms with Crippen molar-refractivity contribution in [1.29, 1.82) is 0 Å². The van der Waals surface area contributed by atoms with Crippen molar-refractivity contribution in [2.24, 2.45) is 7.05 Å². The van der Waals surface area contributed by atoms with Crippen molar-refractivity contribution in [3.8, 4) is 11.5 Å². The van der Waals surface area contributed by atoms with Crippen molar-refractivity contribution in [3.05, 3.63) is 87.3 Å². The predicted octanol–water partition coefficient (Wildman–Crippen LogP) is 2.69. The molecule has 1 unspecified atom stereocenters. The molecule has 2 heterocycles. The molecular weight excluding hydrogens is 526 g/mol. The van der Waals surface area contributed by atoms with Crippen LogP contribution >= 0.6 is 0 Å². The molecule has 13 heteroatoms. The van der Waals surface area contributed by atoms with Gasteiger partial charge in [0.1, 0.15) is 34.9 Å². The van der Waals surface area contributed by atoms with E-state index in [1.165, 1.54) is 38.4 Å². The number of ether oxygens (including phenoxy) is 2. The molecule has 2 atom stereocenters. The first-order valence-corrected chi connectivity index (χ1v) is 11.6. The number of carbonyl (C=O) groups excluding carboxylic acids is 2. The number of methoxy groups -OCH3 is 1. The second kappa shape index (κ2) is 11.2. The minimum Gasteiger partial charge on any atom is -0.497 e. The number of hydrogen-bond acceptors (Lipinski definition) is 6. The minimum atomic E-state index is -3.07. The Balaban J connectivity index is 1.73. The molecule has 1 saturated heterocycles. The highest BCUT2D eigenvalue weighted by atomic mass is 19.3. The zero-order valence-corrected chi connectivity index (χ0v) is 20.7. The van der Waals surface area contributed by atoms with Crippen LogP contribution in [0.2, 0.25) is 0 Å². The predicted molar refractivity (Wildman–Crippen MR) is 130 cm³/mol. The Hall–Kier alpha value is -4.39. The monoisotopic (exact) mass is 549 g/mol. The number of nitrogens with one attached hydrogen (secondary N) is 1. The summed E-state index contributed by atoms with van der Waals surface area (Å²) in [4.78, 5) is 40.5. The van der Waals surface area contributed by atoms with Gasteiger partial charge in [-0.15, -0.1) is 0 Å². The van der Waals surface area contributed by atoms with Crippen molar-refractivity contribution in [2.75, 3.05) is 18.6 Å². The van der Waals surface area contributed by atoms with Gasteiger partial charge in [0, 0.05) is 48.5 Å². The second-order valence-electron chi connectivity index (χ2n) is 8.65. The number of carbonyl (C=O) groups is 2. The number of rotatable bonds is 8. The normalized spacial score (nSPS) is 17.0. The molecule has 0 aliphatic carbocycles. The number of alkyl halides is 2. The van der Waals surface area contributed by atoms with Crippen LogP contribution in [0, 0.1) is 11.6 Å². The maximum Gasteiger partial charge on any atom is 0.387 e. The summed E-state index contributed by atoms with van der Waals surface area (Å²) in [5, 5.41) is 11.9. The topological polar surface area (TPSA) is 110 Å². The van der Waals surface area contributed by atoms with E-state index >= 15 is 8.78 Å². The maximum atomic E-state index is 15.1. The summed E-state index contributed by atoms with van der Waals surface area (Å²) < 4.78 is 65.3. The SMILES string of the molecule is COc1cc(F)c([C@@H]2CN(c3ccc(CO)n(C)c3=O)C(=O)C2NC(=O)c2ccc(OC(F)F)cc2)c(F)c1. The number of aromatic nitrogens is 1. The average molecular weight is 549 g/mol. The number of benzene rings is 2. The lowest BCUT2D eigenvalue weighted by atomic mass is 9.92. The van der Waals surface area contributed by atoms with Crippen LogP contribution in [0.1, 0.15) is 27.5 Å². The fourth-order valence-electron chi connectivity index (χ4n) is 4.44. The average Bonchev–Trinajstić information content (AvgIpc) is 3.20. The Kier molecular flexibility index (Phi) is 7.90. The van der Waals surface area contributed by atoms with Gasteiger partial charge in [-0.2, -0.15) is 8.78 Å². The molecule has 9 nitrogen and oxygen atoms in total. The molecule has 3 aromatic rings. The molecule has 1 aromatic heterocycles. The molecule has 206 valence electrons. The molecular formula is C26H23F4N3O6. The number of aliphatic hydroxyl groups is 1. The minimum absolute atomic E-state index is 0.0412. The van der Waals surface area contributed by atoms with Gasteiger partial charge in [-0.25, -0.2) is 8.78 Å². The van der Waals surface area contributed by atoms with E-state index in [0.29, 0.717) is 0 Å². The first-order chi connectivity index (χ1) is 18.5. The Morgan fingerprint density at radius 3 is 2.28 bits per heavy atom. The summed E-state index contributed by atoms with van der Waals surface area (Å²) in [5.41, 5.74) is -1.04. The van der Waals surface area contributed by atoms with E-state index in [4.69, 9.17) is 4.74 Å². The van der Waals surface area contributed by atoms with Crippen LogP contribution in [0.3, 0.4) is 0 Å². The van der Waals surface area contributed by atoms with Gasteiger partial charge in [0.05, 0.1) is 13.7 Å². The molecule has 0 bridgehead atoms. The van der Waals surface area contributed by atoms with E-state index in [0.717, 1.165) is 33.7 Å². The van der Waals surface area contributed by atoms with Crippen molar-refractivity contribution in [3.63, 3.8) is 0 Å². The number of anilines is 1. The smallest absolute Gasteiger partial charge is 0.387 e. The summed E-state index contributed by atoms with van der Waals surface area (Å²) in [7, 11) is 2.61. The van der Waals surface area contributed by atoms with Crippen LogP contribution < -0.4 is 25.2 Å². The van der Waals surface area contributed by atoms with Gasteiger partial charge in [-0.1, -0.05) is 0 Å². The highest BCUT2D eigenvalue weighted by Gasteiger charge is 2.46. The van der Waals surface area contributed by atoms with Gasteiger partial charge >= 0.3 is 6.61 Å². The van der Waals surface area contributed by atoms with Crippen LogP contribution in [-0.2, 0) is 18.4 Å². The lowest BCUT2D eigenvalue weighted by molar-refractivity contribution is -0.118. The molecule has 0 radical (unpaired) electrons. The highest BCUT2D eigenvalue weighted by Crippen LogP contribution is 2.36. The number of pyridine rings is 1. The van der Waals surface area contributed by atoms with E-state index in [9.17, 15) is 28.3 Å². The molecule has 4 rings (SSSR count). The Labute approximate surface area is 219 Å². The fourth-order valence-corrected chi connectivity index (χ4v) is 4.44. The lowest BCUT2D eigenvalue weighted by Crippen LogP contribution is -2.44. The molecule has 1 fully saturated rings. The molecule has 2 aromatic carbocycles. The molecule has 2 amide bonds. The van der Waals surface area contributed by atoms with E-state index in [-0.39, 0.29) is 35.0 Å². The summed E-state index contributed by atoms with van der Waals surface area (Å²) in [6.45, 7) is -3.87. The summed E-state index contributed by atoms with van der Waals surface area (Å²) in [5.74, 6) is -5.26. The van der Waals surface area contributed by atoms with E-state index < -0.39 is 59.7 Å². The number of aliphatic hydroxyl groups excluding tert-OH is 1. The van der Waals surface area contributed by atoms with Gasteiger partial charge in [0.15, 0.2) is 0 Å². The van der Waals surface area contributed by atoms with Crippen LogP contribution in [0.4, 0.5) is 23.2 Å².